The summed E-state index contributed by atoms with van der Waals surface area (Å²) in [6.07, 6.45) is -0.368. The number of hydrogen-bond donors (Lipinski definition) is 1. The molecule has 0 unspecified atom stereocenters. The van der Waals surface area contributed by atoms with Crippen LogP contribution >= 0.6 is 0 Å². The number of hydrogen-bond acceptors (Lipinski definition) is 8. The minimum atomic E-state index is -0.368. The van der Waals surface area contributed by atoms with E-state index in [0.29, 0.717) is 41.1 Å². The number of methoxy groups -OCH3 is 5. The van der Waals surface area contributed by atoms with Gasteiger partial charge in [0.2, 0.25) is 23.0 Å². The van der Waals surface area contributed by atoms with Crippen LogP contribution < -0.4 is 33.2 Å². The van der Waals surface area contributed by atoms with Crippen LogP contribution in [0.4, 0.5) is 0 Å². The summed E-state index contributed by atoms with van der Waals surface area (Å²) >= 11 is 0. The summed E-state index contributed by atoms with van der Waals surface area (Å²) in [5.41, 5.74) is 1.56. The Morgan fingerprint density at radius 1 is 0.786 bits per heavy atom. The smallest absolute Gasteiger partial charge is 0.207 e. The van der Waals surface area contributed by atoms with E-state index in [1.54, 1.807) is 27.4 Å². The van der Waals surface area contributed by atoms with Gasteiger partial charge in [0.05, 0.1) is 48.1 Å². The fourth-order valence-electron chi connectivity index (χ4n) is 3.92. The number of phenols is 1. The molecule has 0 bridgehead atoms. The highest BCUT2D eigenvalue weighted by atomic mass is 16.6. The summed E-state index contributed by atoms with van der Waals surface area (Å²) < 4.78 is 39.5. The Morgan fingerprint density at radius 3 is 2.04 bits per heavy atom. The Hall–Kier alpha value is -3.16. The van der Waals surface area contributed by atoms with Crippen LogP contribution in [-0.2, 0) is 0 Å². The molecule has 150 valence electrons. The highest BCUT2D eigenvalue weighted by molar-refractivity contribution is 5.69. The van der Waals surface area contributed by atoms with Gasteiger partial charge in [0.25, 0.3) is 0 Å². The molecule has 8 nitrogen and oxygen atoms in total. The molecule has 2 aromatic rings. The van der Waals surface area contributed by atoms with Crippen LogP contribution in [0.2, 0.25) is 0 Å². The second kappa shape index (κ2) is 6.78. The highest BCUT2D eigenvalue weighted by Crippen LogP contribution is 2.61. The van der Waals surface area contributed by atoms with Crippen molar-refractivity contribution in [3.8, 4) is 46.0 Å². The third kappa shape index (κ3) is 2.37. The van der Waals surface area contributed by atoms with Gasteiger partial charge in [-0.15, -0.1) is 0 Å². The Bertz CT molecular complexity index is 923. The average Bonchev–Trinajstić information content (AvgIpc) is 3.09. The summed E-state index contributed by atoms with van der Waals surface area (Å²) in [7, 11) is 7.61. The maximum absolute atomic E-state index is 10.3. The van der Waals surface area contributed by atoms with E-state index in [9.17, 15) is 5.11 Å². The van der Waals surface area contributed by atoms with E-state index < -0.39 is 0 Å². The Morgan fingerprint density at radius 2 is 1.43 bits per heavy atom. The maximum Gasteiger partial charge on any atom is 0.207 e. The SMILES string of the molecule is COc1cc2c(c(OC)c1OC)OC[C@H]1c3cc(O)c(OC)c(OC)c3O[C@@H]21. The molecule has 2 aliphatic heterocycles. The summed E-state index contributed by atoms with van der Waals surface area (Å²) in [4.78, 5) is 0. The minimum absolute atomic E-state index is 0.0157. The molecule has 0 aliphatic carbocycles. The van der Waals surface area contributed by atoms with Crippen molar-refractivity contribution in [1.82, 2.24) is 0 Å². The zero-order valence-corrected chi connectivity index (χ0v) is 16.3. The first-order valence-corrected chi connectivity index (χ1v) is 8.69. The standard InChI is InChI=1S/C20H22O8/c1-22-13-7-10-14-11(8-27-15(10)19(25-4)18(13)24-3)9-6-12(21)17(23-2)20(26-5)16(9)28-14/h6-7,11,14,21H,8H2,1-5H3/t11-,14-/m0/s1. The van der Waals surface area contributed by atoms with E-state index in [2.05, 4.69) is 0 Å². The third-order valence-corrected chi connectivity index (χ3v) is 5.14. The molecule has 4 rings (SSSR count). The van der Waals surface area contributed by atoms with Crippen LogP contribution in [0.15, 0.2) is 12.1 Å². The number of fused-ring (bicyclic) bond motifs is 5. The molecule has 0 amide bonds. The maximum atomic E-state index is 10.3. The van der Waals surface area contributed by atoms with Crippen LogP contribution in [0.1, 0.15) is 23.1 Å². The van der Waals surface area contributed by atoms with Crippen molar-refractivity contribution in [2.75, 3.05) is 42.2 Å². The lowest BCUT2D eigenvalue weighted by atomic mass is 9.88. The number of aromatic hydroxyl groups is 1. The Kier molecular flexibility index (Phi) is 4.41. The van der Waals surface area contributed by atoms with Gasteiger partial charge in [-0.2, -0.15) is 0 Å². The summed E-state index contributed by atoms with van der Waals surface area (Å²) in [6, 6.07) is 3.46. The van der Waals surface area contributed by atoms with Gasteiger partial charge in [-0.25, -0.2) is 0 Å². The second-order valence-electron chi connectivity index (χ2n) is 6.40. The molecule has 0 aromatic heterocycles. The number of benzene rings is 2. The van der Waals surface area contributed by atoms with Gasteiger partial charge in [0.1, 0.15) is 6.10 Å². The minimum Gasteiger partial charge on any atom is -0.504 e. The van der Waals surface area contributed by atoms with Crippen LogP contribution in [0.25, 0.3) is 0 Å². The van der Waals surface area contributed by atoms with E-state index >= 15 is 0 Å². The van der Waals surface area contributed by atoms with Crippen LogP contribution in [0.5, 0.6) is 46.0 Å². The number of phenolic OH excluding ortho intramolecular Hbond substituents is 1. The molecule has 0 saturated heterocycles. The van der Waals surface area contributed by atoms with Crippen LogP contribution in [0, 0.1) is 0 Å². The van der Waals surface area contributed by atoms with Gasteiger partial charge >= 0.3 is 0 Å². The molecular weight excluding hydrogens is 368 g/mol. The first kappa shape index (κ1) is 18.2. The van der Waals surface area contributed by atoms with Gasteiger partial charge in [-0.3, -0.25) is 0 Å². The molecule has 2 atom stereocenters. The quantitative estimate of drug-likeness (QED) is 0.834. The van der Waals surface area contributed by atoms with Crippen molar-refractivity contribution in [1.29, 1.82) is 0 Å². The predicted molar refractivity (Wildman–Crippen MR) is 98.9 cm³/mol. The van der Waals surface area contributed by atoms with Crippen LogP contribution in [-0.4, -0.2) is 47.3 Å². The fourth-order valence-corrected chi connectivity index (χ4v) is 3.92. The molecule has 8 heteroatoms. The lowest BCUT2D eigenvalue weighted by Crippen LogP contribution is -2.23. The zero-order chi connectivity index (χ0) is 20.0. The van der Waals surface area contributed by atoms with E-state index in [-0.39, 0.29) is 23.5 Å². The van der Waals surface area contributed by atoms with E-state index in [0.717, 1.165) is 11.1 Å². The van der Waals surface area contributed by atoms with Crippen molar-refractivity contribution in [2.45, 2.75) is 12.0 Å². The predicted octanol–water partition coefficient (Wildman–Crippen LogP) is 3.04. The number of rotatable bonds is 5. The third-order valence-electron chi connectivity index (χ3n) is 5.14. The van der Waals surface area contributed by atoms with Crippen molar-refractivity contribution >= 4 is 0 Å². The summed E-state index contributed by atoms with van der Waals surface area (Å²) in [5.74, 6) is 2.90. The summed E-state index contributed by atoms with van der Waals surface area (Å²) in [6.45, 7) is 0.339. The first-order valence-electron chi connectivity index (χ1n) is 8.69. The molecule has 2 heterocycles. The molecule has 28 heavy (non-hydrogen) atoms. The van der Waals surface area contributed by atoms with Crippen molar-refractivity contribution < 1.29 is 38.3 Å². The van der Waals surface area contributed by atoms with Gasteiger partial charge in [-0.1, -0.05) is 0 Å². The topological polar surface area (TPSA) is 84.8 Å². The van der Waals surface area contributed by atoms with E-state index in [1.807, 2.05) is 6.07 Å². The van der Waals surface area contributed by atoms with Gasteiger partial charge in [-0.05, 0) is 12.1 Å². The highest BCUT2D eigenvalue weighted by Gasteiger charge is 2.45. The van der Waals surface area contributed by atoms with Gasteiger partial charge in [0.15, 0.2) is 23.0 Å². The number of ether oxygens (including phenoxy) is 7. The average molecular weight is 390 g/mol. The zero-order valence-electron chi connectivity index (χ0n) is 16.3. The van der Waals surface area contributed by atoms with Crippen molar-refractivity contribution in [3.05, 3.63) is 23.3 Å². The van der Waals surface area contributed by atoms with Crippen LogP contribution in [0.3, 0.4) is 0 Å². The monoisotopic (exact) mass is 390 g/mol. The van der Waals surface area contributed by atoms with Crippen molar-refractivity contribution in [2.24, 2.45) is 0 Å². The Labute approximate surface area is 162 Å². The van der Waals surface area contributed by atoms with E-state index in [4.69, 9.17) is 33.2 Å². The lowest BCUT2D eigenvalue weighted by molar-refractivity contribution is 0.131. The van der Waals surface area contributed by atoms with Gasteiger partial charge < -0.3 is 38.3 Å². The molecule has 0 fully saturated rings. The molecular formula is C20H22O8. The lowest BCUT2D eigenvalue weighted by Gasteiger charge is -2.30. The molecule has 2 aromatic carbocycles. The fraction of sp³-hybridized carbons (Fsp3) is 0.400. The molecule has 0 radical (unpaired) electrons. The first-order chi connectivity index (χ1) is 13.6. The molecule has 2 aliphatic rings. The van der Waals surface area contributed by atoms with Crippen molar-refractivity contribution in [3.63, 3.8) is 0 Å². The normalized spacial score (nSPS) is 18.8. The second-order valence-corrected chi connectivity index (χ2v) is 6.40. The molecule has 0 saturated carbocycles. The molecule has 0 spiro atoms. The van der Waals surface area contributed by atoms with E-state index in [1.165, 1.54) is 14.2 Å². The molecule has 1 N–H and O–H groups in total. The Balaban J connectivity index is 1.88. The summed E-state index contributed by atoms with van der Waals surface area (Å²) in [5, 5.41) is 10.3. The van der Waals surface area contributed by atoms with Gasteiger partial charge in [0, 0.05) is 11.1 Å². The largest absolute Gasteiger partial charge is 0.504 e.